The fourth-order valence-corrected chi connectivity index (χ4v) is 3.13. The van der Waals surface area contributed by atoms with Gasteiger partial charge in [0, 0.05) is 44.0 Å². The zero-order valence-electron chi connectivity index (χ0n) is 17.0. The smallest absolute Gasteiger partial charge is 0.388 e. The molecule has 0 saturated carbocycles. The molecule has 3 heterocycles. The molecule has 0 unspecified atom stereocenters. The summed E-state index contributed by atoms with van der Waals surface area (Å²) in [5, 5.41) is 6.32. The summed E-state index contributed by atoms with van der Waals surface area (Å²) in [4.78, 5) is 20.5. The van der Waals surface area contributed by atoms with Crippen molar-refractivity contribution < 1.29 is 22.7 Å². The Morgan fingerprint density at radius 2 is 1.87 bits per heavy atom. The maximum atomic E-state index is 12.0. The van der Waals surface area contributed by atoms with E-state index in [0.717, 1.165) is 67.4 Å². The number of pyridine rings is 1. The van der Waals surface area contributed by atoms with E-state index in [2.05, 4.69) is 25.5 Å². The van der Waals surface area contributed by atoms with Crippen molar-refractivity contribution in [2.75, 3.05) is 44.0 Å². The van der Waals surface area contributed by atoms with E-state index in [9.17, 15) is 18.0 Å². The number of benzene rings is 1. The molecule has 4 rings (SSSR count). The highest BCUT2D eigenvalue weighted by atomic mass is 19.4. The van der Waals surface area contributed by atoms with E-state index >= 15 is 0 Å². The second-order valence-electron chi connectivity index (χ2n) is 6.88. The molecule has 3 N–H and O–H groups in total. The molecule has 1 amide bonds. The Balaban J connectivity index is 0.000000196. The second kappa shape index (κ2) is 10.3. The Morgan fingerprint density at radius 3 is 2.48 bits per heavy atom. The van der Waals surface area contributed by atoms with Crippen LogP contribution in [0.15, 0.2) is 42.6 Å². The molecule has 0 bridgehead atoms. The number of morpholine rings is 1. The van der Waals surface area contributed by atoms with Crippen molar-refractivity contribution in [3.63, 3.8) is 0 Å². The number of anilines is 2. The maximum Gasteiger partial charge on any atom is 0.416 e. The van der Waals surface area contributed by atoms with Crippen LogP contribution in [-0.2, 0) is 22.3 Å². The summed E-state index contributed by atoms with van der Waals surface area (Å²) in [6.07, 6.45) is -1.82. The molecule has 1 saturated heterocycles. The summed E-state index contributed by atoms with van der Waals surface area (Å²) in [5.74, 6) is 0. The van der Waals surface area contributed by atoms with E-state index in [0.29, 0.717) is 12.1 Å². The van der Waals surface area contributed by atoms with Crippen molar-refractivity contribution in [2.45, 2.75) is 12.7 Å². The molecule has 0 radical (unpaired) electrons. The molecule has 1 aromatic carbocycles. The van der Waals surface area contributed by atoms with Crippen molar-refractivity contribution in [2.24, 2.45) is 0 Å². The number of alkyl halides is 3. The van der Waals surface area contributed by atoms with E-state index < -0.39 is 11.7 Å². The van der Waals surface area contributed by atoms with Crippen molar-refractivity contribution in [1.29, 1.82) is 0 Å². The van der Waals surface area contributed by atoms with Gasteiger partial charge in [0.15, 0.2) is 0 Å². The fraction of sp³-hybridized carbons (Fsp3) is 0.333. The largest absolute Gasteiger partial charge is 0.416 e. The van der Waals surface area contributed by atoms with Gasteiger partial charge in [-0.3, -0.25) is 9.69 Å². The molecule has 10 heteroatoms. The Labute approximate surface area is 177 Å². The van der Waals surface area contributed by atoms with Crippen molar-refractivity contribution in [3.8, 4) is 0 Å². The first-order chi connectivity index (χ1) is 14.9. The molecule has 166 valence electrons. The minimum Gasteiger partial charge on any atom is -0.388 e. The number of nitrogens with zero attached hydrogens (tertiary/aromatic N) is 2. The van der Waals surface area contributed by atoms with Crippen LogP contribution in [0.5, 0.6) is 0 Å². The highest BCUT2D eigenvalue weighted by molar-refractivity contribution is 5.94. The van der Waals surface area contributed by atoms with Crippen LogP contribution in [0.2, 0.25) is 0 Å². The number of fused-ring (bicyclic) bond motifs is 1. The normalized spacial score (nSPS) is 14.6. The first kappa shape index (κ1) is 22.6. The summed E-state index contributed by atoms with van der Waals surface area (Å²) in [6, 6.07) is 8.87. The minimum absolute atomic E-state index is 0.624. The number of hydrogen-bond donors (Lipinski definition) is 3. The van der Waals surface area contributed by atoms with Gasteiger partial charge in [0.2, 0.25) is 6.41 Å². The summed E-state index contributed by atoms with van der Waals surface area (Å²) in [6.45, 7) is 4.30. The molecule has 31 heavy (non-hydrogen) atoms. The van der Waals surface area contributed by atoms with Crippen LogP contribution in [0.25, 0.3) is 11.0 Å². The Bertz CT molecular complexity index is 983. The van der Waals surface area contributed by atoms with Gasteiger partial charge in [-0.2, -0.15) is 13.2 Å². The number of aromatic amines is 1. The zero-order valence-corrected chi connectivity index (χ0v) is 17.0. The average molecular weight is 435 g/mol. The number of H-pyrrole nitrogens is 1. The van der Waals surface area contributed by atoms with Crippen molar-refractivity contribution in [3.05, 3.63) is 53.9 Å². The standard InChI is InChI=1S/C13H16N4O2.C8H8F3N/c18-9-15-12-7-14-13-11(12)2-1-10(16-13)8-17-3-5-19-6-4-17;1-12-7-4-2-6(3-5-7)8(9,10)11/h1-2,7,9H,3-6,8H2,(H,14,16)(H,15,18);2-5,12H,1H3. The van der Waals surface area contributed by atoms with Gasteiger partial charge >= 0.3 is 6.18 Å². The van der Waals surface area contributed by atoms with Crippen LogP contribution in [0, 0.1) is 0 Å². The summed E-state index contributed by atoms with van der Waals surface area (Å²) >= 11 is 0. The highest BCUT2D eigenvalue weighted by Crippen LogP contribution is 2.29. The van der Waals surface area contributed by atoms with E-state index in [4.69, 9.17) is 4.74 Å². The SMILES string of the molecule is CNc1ccc(C(F)(F)F)cc1.O=CNc1c[nH]c2nc(CN3CCOCC3)ccc12. The lowest BCUT2D eigenvalue weighted by atomic mass is 10.2. The second-order valence-corrected chi connectivity index (χ2v) is 6.88. The number of aromatic nitrogens is 2. The number of ether oxygens (including phenoxy) is 1. The third kappa shape index (κ3) is 6.19. The molecule has 7 nitrogen and oxygen atoms in total. The summed E-state index contributed by atoms with van der Waals surface area (Å²) in [5.41, 5.74) is 2.63. The first-order valence-corrected chi connectivity index (χ1v) is 9.73. The summed E-state index contributed by atoms with van der Waals surface area (Å²) in [7, 11) is 1.66. The van der Waals surface area contributed by atoms with Gasteiger partial charge in [0.25, 0.3) is 0 Å². The molecule has 3 aromatic rings. The molecular formula is C21H24F3N5O2. The van der Waals surface area contributed by atoms with Gasteiger partial charge in [0.05, 0.1) is 30.2 Å². The predicted octanol–water partition coefficient (Wildman–Crippen LogP) is 3.71. The number of carbonyl (C=O) groups is 1. The number of amides is 1. The zero-order chi connectivity index (χ0) is 22.3. The number of hydrogen-bond acceptors (Lipinski definition) is 5. The number of nitrogens with one attached hydrogen (secondary N) is 3. The van der Waals surface area contributed by atoms with E-state index in [-0.39, 0.29) is 0 Å². The lowest BCUT2D eigenvalue weighted by Crippen LogP contribution is -2.35. The van der Waals surface area contributed by atoms with Gasteiger partial charge in [-0.15, -0.1) is 0 Å². The molecule has 0 aliphatic carbocycles. The number of rotatable bonds is 5. The van der Waals surface area contributed by atoms with E-state index in [1.165, 1.54) is 12.1 Å². The van der Waals surface area contributed by atoms with Gasteiger partial charge in [-0.25, -0.2) is 4.98 Å². The quantitative estimate of drug-likeness (QED) is 0.533. The minimum atomic E-state index is -4.24. The van der Waals surface area contributed by atoms with Crippen LogP contribution in [0.3, 0.4) is 0 Å². The highest BCUT2D eigenvalue weighted by Gasteiger charge is 2.29. The number of carbonyl (C=O) groups excluding carboxylic acids is 1. The van der Waals surface area contributed by atoms with Crippen LogP contribution < -0.4 is 10.6 Å². The molecule has 1 aliphatic heterocycles. The third-order valence-electron chi connectivity index (χ3n) is 4.80. The maximum absolute atomic E-state index is 12.0. The number of halogens is 3. The van der Waals surface area contributed by atoms with Gasteiger partial charge < -0.3 is 20.4 Å². The van der Waals surface area contributed by atoms with Crippen LogP contribution in [0.1, 0.15) is 11.3 Å². The van der Waals surface area contributed by atoms with Crippen LogP contribution >= 0.6 is 0 Å². The molecule has 0 atom stereocenters. The predicted molar refractivity (Wildman–Crippen MR) is 113 cm³/mol. The molecule has 1 aliphatic rings. The van der Waals surface area contributed by atoms with Crippen molar-refractivity contribution in [1.82, 2.24) is 14.9 Å². The molecule has 2 aromatic heterocycles. The van der Waals surface area contributed by atoms with Gasteiger partial charge in [-0.05, 0) is 36.4 Å². The first-order valence-electron chi connectivity index (χ1n) is 9.73. The molecule has 0 spiro atoms. The van der Waals surface area contributed by atoms with Crippen molar-refractivity contribution >= 4 is 28.8 Å². The topological polar surface area (TPSA) is 82.3 Å². The monoisotopic (exact) mass is 435 g/mol. The Hall–Kier alpha value is -3.11. The Kier molecular flexibility index (Phi) is 7.48. The third-order valence-corrected chi connectivity index (χ3v) is 4.80. The van der Waals surface area contributed by atoms with Crippen LogP contribution in [0.4, 0.5) is 24.5 Å². The molecule has 1 fully saturated rings. The van der Waals surface area contributed by atoms with Gasteiger partial charge in [-0.1, -0.05) is 0 Å². The molecular weight excluding hydrogens is 411 g/mol. The van der Waals surface area contributed by atoms with Gasteiger partial charge in [0.1, 0.15) is 5.65 Å². The summed E-state index contributed by atoms with van der Waals surface area (Å²) < 4.78 is 41.3. The Morgan fingerprint density at radius 1 is 1.16 bits per heavy atom. The van der Waals surface area contributed by atoms with E-state index in [1.807, 2.05) is 12.1 Å². The average Bonchev–Trinajstić information content (AvgIpc) is 3.17. The lowest BCUT2D eigenvalue weighted by molar-refractivity contribution is -0.137. The van der Waals surface area contributed by atoms with Crippen LogP contribution in [-0.4, -0.2) is 54.6 Å². The lowest BCUT2D eigenvalue weighted by Gasteiger charge is -2.26. The fourth-order valence-electron chi connectivity index (χ4n) is 3.13. The van der Waals surface area contributed by atoms with E-state index in [1.54, 1.807) is 13.2 Å².